The largest absolute Gasteiger partial charge is 0.493 e. The van der Waals surface area contributed by atoms with Gasteiger partial charge in [-0.1, -0.05) is 21.9 Å². The number of oxime groups is 1. The summed E-state index contributed by atoms with van der Waals surface area (Å²) in [5, 5.41) is 8.10. The monoisotopic (exact) mass is 339 g/mol. The molecule has 0 spiro atoms. The number of nitrogens with two attached hydrogens (primary N) is 1. The number of rotatable bonds is 6. The van der Waals surface area contributed by atoms with Crippen LogP contribution in [0.15, 0.2) is 21.8 Å². The number of aromatic nitrogens is 1. The fourth-order valence-corrected chi connectivity index (χ4v) is 2.28. The second-order valence-electron chi connectivity index (χ2n) is 4.75. The molecule has 0 amide bonds. The minimum absolute atomic E-state index is 0.166. The second-order valence-corrected chi connectivity index (χ2v) is 5.15. The van der Waals surface area contributed by atoms with E-state index < -0.39 is 0 Å². The van der Waals surface area contributed by atoms with Crippen molar-refractivity contribution < 1.29 is 18.8 Å². The first-order chi connectivity index (χ1) is 11.0. The predicted molar refractivity (Wildman–Crippen MR) is 86.0 cm³/mol. The van der Waals surface area contributed by atoms with Gasteiger partial charge >= 0.3 is 0 Å². The summed E-state index contributed by atoms with van der Waals surface area (Å²) in [5.74, 6) is 1.74. The summed E-state index contributed by atoms with van der Waals surface area (Å²) >= 11 is 6.14. The molecule has 0 saturated carbocycles. The average Bonchev–Trinajstić information content (AvgIpc) is 2.85. The lowest BCUT2D eigenvalue weighted by molar-refractivity contribution is 0.129. The Bertz CT molecular complexity index is 708. The number of ether oxygens (including phenoxy) is 2. The van der Waals surface area contributed by atoms with Crippen molar-refractivity contribution in [3.8, 4) is 11.5 Å². The van der Waals surface area contributed by atoms with Crippen molar-refractivity contribution >= 4 is 17.4 Å². The maximum atomic E-state index is 6.14. The molecule has 8 heteroatoms. The molecule has 23 heavy (non-hydrogen) atoms. The van der Waals surface area contributed by atoms with Crippen molar-refractivity contribution in [1.29, 1.82) is 0 Å². The maximum Gasteiger partial charge on any atom is 0.179 e. The summed E-state index contributed by atoms with van der Waals surface area (Å²) < 4.78 is 15.4. The Labute approximate surface area is 138 Å². The predicted octanol–water partition coefficient (Wildman–Crippen LogP) is 2.80. The van der Waals surface area contributed by atoms with E-state index in [0.717, 1.165) is 11.3 Å². The molecule has 0 aliphatic heterocycles. The third kappa shape index (κ3) is 3.68. The van der Waals surface area contributed by atoms with Gasteiger partial charge in [0.05, 0.1) is 30.5 Å². The van der Waals surface area contributed by atoms with Crippen LogP contribution in [0.3, 0.4) is 0 Å². The Hall–Kier alpha value is -2.41. The van der Waals surface area contributed by atoms with E-state index in [0.29, 0.717) is 27.8 Å². The maximum absolute atomic E-state index is 6.14. The van der Waals surface area contributed by atoms with Crippen molar-refractivity contribution in [2.45, 2.75) is 20.5 Å². The summed E-state index contributed by atoms with van der Waals surface area (Å²) in [6.45, 7) is 3.85. The molecule has 0 atom stereocenters. The lowest BCUT2D eigenvalue weighted by Gasteiger charge is -2.11. The van der Waals surface area contributed by atoms with Gasteiger partial charge in [0, 0.05) is 5.56 Å². The molecule has 1 heterocycles. The van der Waals surface area contributed by atoms with Gasteiger partial charge < -0.3 is 24.6 Å². The molecule has 124 valence electrons. The zero-order chi connectivity index (χ0) is 17.0. The van der Waals surface area contributed by atoms with Crippen LogP contribution in [-0.4, -0.2) is 25.2 Å². The molecule has 1 aromatic heterocycles. The topological polar surface area (TPSA) is 92.1 Å². The van der Waals surface area contributed by atoms with Crippen molar-refractivity contribution in [2.75, 3.05) is 14.2 Å². The van der Waals surface area contributed by atoms with Crippen molar-refractivity contribution in [3.05, 3.63) is 39.7 Å². The molecule has 7 nitrogen and oxygen atoms in total. The van der Waals surface area contributed by atoms with Gasteiger partial charge in [-0.2, -0.15) is 0 Å². The summed E-state index contributed by atoms with van der Waals surface area (Å²) in [4.78, 5) is 5.27. The number of halogens is 1. The van der Waals surface area contributed by atoms with Gasteiger partial charge in [0.1, 0.15) is 12.4 Å². The summed E-state index contributed by atoms with van der Waals surface area (Å²) in [6, 6.07) is 3.30. The highest BCUT2D eigenvalue weighted by Gasteiger charge is 2.13. The van der Waals surface area contributed by atoms with E-state index in [2.05, 4.69) is 10.3 Å². The number of benzene rings is 1. The highest BCUT2D eigenvalue weighted by molar-refractivity contribution is 6.32. The van der Waals surface area contributed by atoms with E-state index >= 15 is 0 Å². The second kappa shape index (κ2) is 7.23. The first-order valence-electron chi connectivity index (χ1n) is 6.77. The SMILES string of the molecule is COc1cc(/C(N)=N/OCc2c(C)noc2C)cc(Cl)c1OC. The van der Waals surface area contributed by atoms with E-state index in [1.807, 2.05) is 6.92 Å². The van der Waals surface area contributed by atoms with Crippen LogP contribution in [0, 0.1) is 13.8 Å². The minimum Gasteiger partial charge on any atom is -0.493 e. The highest BCUT2D eigenvalue weighted by atomic mass is 35.5. The van der Waals surface area contributed by atoms with Crippen LogP contribution in [0.1, 0.15) is 22.6 Å². The Morgan fingerprint density at radius 3 is 2.61 bits per heavy atom. The third-order valence-corrected chi connectivity index (χ3v) is 3.56. The normalized spacial score (nSPS) is 11.4. The van der Waals surface area contributed by atoms with Gasteiger partial charge in [0.25, 0.3) is 0 Å². The zero-order valence-electron chi connectivity index (χ0n) is 13.3. The Balaban J connectivity index is 2.16. The van der Waals surface area contributed by atoms with Crippen LogP contribution in [0.2, 0.25) is 5.02 Å². The summed E-state index contributed by atoms with van der Waals surface area (Å²) in [6.07, 6.45) is 0. The number of hydrogen-bond acceptors (Lipinski definition) is 6. The molecule has 0 fully saturated rings. The summed E-state index contributed by atoms with van der Waals surface area (Å²) in [5.41, 5.74) is 8.08. The molecule has 2 rings (SSSR count). The third-order valence-electron chi connectivity index (χ3n) is 3.28. The molecule has 1 aromatic carbocycles. The Morgan fingerprint density at radius 1 is 1.30 bits per heavy atom. The van der Waals surface area contributed by atoms with Crippen molar-refractivity contribution in [2.24, 2.45) is 10.9 Å². The highest BCUT2D eigenvalue weighted by Crippen LogP contribution is 2.35. The fourth-order valence-electron chi connectivity index (χ4n) is 1.99. The molecule has 2 N–H and O–H groups in total. The number of amidine groups is 1. The van der Waals surface area contributed by atoms with Crippen molar-refractivity contribution in [1.82, 2.24) is 5.16 Å². The van der Waals surface area contributed by atoms with E-state index in [-0.39, 0.29) is 12.4 Å². The van der Waals surface area contributed by atoms with E-state index in [4.69, 9.17) is 36.2 Å². The van der Waals surface area contributed by atoms with Crippen LogP contribution in [0.4, 0.5) is 0 Å². The number of hydrogen-bond donors (Lipinski definition) is 1. The molecule has 0 unspecified atom stereocenters. The molecule has 0 aliphatic carbocycles. The van der Waals surface area contributed by atoms with Gasteiger partial charge in [-0.3, -0.25) is 0 Å². The molecule has 2 aromatic rings. The molecule has 0 saturated heterocycles. The standard InChI is InChI=1S/C15H18ClN3O4/c1-8-11(9(2)23-18-8)7-22-19-15(17)10-5-12(16)14(21-4)13(6-10)20-3/h5-6H,7H2,1-4H3,(H2,17,19). The van der Waals surface area contributed by atoms with Crippen LogP contribution < -0.4 is 15.2 Å². The first-order valence-corrected chi connectivity index (χ1v) is 7.14. The van der Waals surface area contributed by atoms with Gasteiger partial charge in [-0.25, -0.2) is 0 Å². The lowest BCUT2D eigenvalue weighted by atomic mass is 10.2. The van der Waals surface area contributed by atoms with E-state index in [9.17, 15) is 0 Å². The Kier molecular flexibility index (Phi) is 5.33. The Morgan fingerprint density at radius 2 is 2.04 bits per heavy atom. The van der Waals surface area contributed by atoms with Crippen LogP contribution in [0.25, 0.3) is 0 Å². The zero-order valence-corrected chi connectivity index (χ0v) is 14.1. The fraction of sp³-hybridized carbons (Fsp3) is 0.333. The molecule has 0 aliphatic rings. The average molecular weight is 340 g/mol. The smallest absolute Gasteiger partial charge is 0.179 e. The number of aryl methyl sites for hydroxylation is 2. The van der Waals surface area contributed by atoms with Gasteiger partial charge in [-0.05, 0) is 26.0 Å². The first kappa shape index (κ1) is 17.0. The quantitative estimate of drug-likeness (QED) is 0.494. The number of nitrogens with zero attached hydrogens (tertiary/aromatic N) is 2. The lowest BCUT2D eigenvalue weighted by Crippen LogP contribution is -2.14. The number of methoxy groups -OCH3 is 2. The summed E-state index contributed by atoms with van der Waals surface area (Å²) in [7, 11) is 3.02. The minimum atomic E-state index is 0.166. The molecule has 0 bridgehead atoms. The molecular formula is C15H18ClN3O4. The molecular weight excluding hydrogens is 322 g/mol. The van der Waals surface area contributed by atoms with E-state index in [1.54, 1.807) is 19.1 Å². The van der Waals surface area contributed by atoms with Crippen LogP contribution >= 0.6 is 11.6 Å². The van der Waals surface area contributed by atoms with Crippen LogP contribution in [-0.2, 0) is 11.4 Å². The van der Waals surface area contributed by atoms with Gasteiger partial charge in [0.15, 0.2) is 17.3 Å². The van der Waals surface area contributed by atoms with Crippen molar-refractivity contribution in [3.63, 3.8) is 0 Å². The van der Waals surface area contributed by atoms with Crippen LogP contribution in [0.5, 0.6) is 11.5 Å². The van der Waals surface area contributed by atoms with Gasteiger partial charge in [0.2, 0.25) is 0 Å². The van der Waals surface area contributed by atoms with E-state index in [1.165, 1.54) is 14.2 Å². The molecule has 0 radical (unpaired) electrons. The van der Waals surface area contributed by atoms with Gasteiger partial charge in [-0.15, -0.1) is 0 Å².